The van der Waals surface area contributed by atoms with Crippen LogP contribution in [0.25, 0.3) is 0 Å². The third-order valence-corrected chi connectivity index (χ3v) is 4.82. The molecule has 0 saturated carbocycles. The number of nitro groups is 1. The monoisotopic (exact) mass is 390 g/mol. The van der Waals surface area contributed by atoms with Crippen molar-refractivity contribution in [2.24, 2.45) is 0 Å². The number of halogens is 3. The highest BCUT2D eigenvalue weighted by Gasteiger charge is 2.31. The van der Waals surface area contributed by atoms with Crippen LogP contribution in [0.4, 0.5) is 18.9 Å². The lowest BCUT2D eigenvalue weighted by Crippen LogP contribution is -2.24. The van der Waals surface area contributed by atoms with Gasteiger partial charge in [0.2, 0.25) is 10.0 Å². The number of methoxy groups -OCH3 is 1. The maximum atomic E-state index is 12.7. The van der Waals surface area contributed by atoms with Crippen LogP contribution in [0.5, 0.6) is 5.75 Å². The van der Waals surface area contributed by atoms with Gasteiger partial charge in [0.15, 0.2) is 4.90 Å². The molecule has 11 heteroatoms. The molecule has 0 aromatic heterocycles. The normalized spacial score (nSPS) is 12.0. The SMILES string of the molecule is COc1ccc(S(=O)(=O)NCc2cccc(C(F)(F)F)c2)c([N+](=O)[O-])c1. The summed E-state index contributed by atoms with van der Waals surface area (Å²) in [5.74, 6) is 0.0912. The summed E-state index contributed by atoms with van der Waals surface area (Å²) in [6, 6.07) is 7.26. The maximum absolute atomic E-state index is 12.7. The Labute approximate surface area is 146 Å². The van der Waals surface area contributed by atoms with Gasteiger partial charge in [-0.25, -0.2) is 13.1 Å². The molecular weight excluding hydrogens is 377 g/mol. The first-order valence-electron chi connectivity index (χ1n) is 7.03. The average molecular weight is 390 g/mol. The minimum Gasteiger partial charge on any atom is -0.497 e. The second-order valence-corrected chi connectivity index (χ2v) is 6.85. The molecule has 0 heterocycles. The van der Waals surface area contributed by atoms with Crippen LogP contribution >= 0.6 is 0 Å². The smallest absolute Gasteiger partial charge is 0.416 e. The van der Waals surface area contributed by atoms with Gasteiger partial charge in [-0.3, -0.25) is 10.1 Å². The number of hydrogen-bond donors (Lipinski definition) is 1. The van der Waals surface area contributed by atoms with E-state index in [9.17, 15) is 31.7 Å². The number of nitrogens with one attached hydrogen (secondary N) is 1. The van der Waals surface area contributed by atoms with Crippen molar-refractivity contribution in [3.8, 4) is 5.75 Å². The fourth-order valence-electron chi connectivity index (χ4n) is 2.11. The second kappa shape index (κ2) is 7.30. The molecule has 0 radical (unpaired) electrons. The summed E-state index contributed by atoms with van der Waals surface area (Å²) in [6.45, 7) is -0.463. The van der Waals surface area contributed by atoms with E-state index in [-0.39, 0.29) is 11.3 Å². The molecule has 2 rings (SSSR count). The van der Waals surface area contributed by atoms with Crippen molar-refractivity contribution in [2.45, 2.75) is 17.6 Å². The van der Waals surface area contributed by atoms with Crippen LogP contribution in [-0.2, 0) is 22.7 Å². The van der Waals surface area contributed by atoms with Gasteiger partial charge in [0.25, 0.3) is 5.69 Å². The standard InChI is InChI=1S/C15H13F3N2O5S/c1-25-12-5-6-14(13(8-12)20(21)22)26(23,24)19-9-10-3-2-4-11(7-10)15(16,17)18/h2-8,19H,9H2,1H3. The van der Waals surface area contributed by atoms with Gasteiger partial charge >= 0.3 is 6.18 Å². The van der Waals surface area contributed by atoms with Gasteiger partial charge in [-0.05, 0) is 23.8 Å². The van der Waals surface area contributed by atoms with E-state index >= 15 is 0 Å². The van der Waals surface area contributed by atoms with Crippen LogP contribution in [0.1, 0.15) is 11.1 Å². The zero-order valence-electron chi connectivity index (χ0n) is 13.3. The van der Waals surface area contributed by atoms with E-state index in [0.717, 1.165) is 30.3 Å². The van der Waals surface area contributed by atoms with Gasteiger partial charge in [0.1, 0.15) is 5.75 Å². The molecule has 0 bridgehead atoms. The lowest BCUT2D eigenvalue weighted by atomic mass is 10.1. The number of nitrogens with zero attached hydrogens (tertiary/aromatic N) is 1. The highest BCUT2D eigenvalue weighted by atomic mass is 32.2. The number of rotatable bonds is 6. The summed E-state index contributed by atoms with van der Waals surface area (Å²) in [6.07, 6.45) is -4.57. The molecule has 0 spiro atoms. The minimum absolute atomic E-state index is 0.0552. The summed E-state index contributed by atoms with van der Waals surface area (Å²) in [5, 5.41) is 11.1. The lowest BCUT2D eigenvalue weighted by molar-refractivity contribution is -0.387. The zero-order valence-corrected chi connectivity index (χ0v) is 14.1. The van der Waals surface area contributed by atoms with E-state index < -0.39 is 43.8 Å². The van der Waals surface area contributed by atoms with E-state index in [0.29, 0.717) is 0 Å². The van der Waals surface area contributed by atoms with Crippen LogP contribution in [0.3, 0.4) is 0 Å². The molecular formula is C15H13F3N2O5S. The third kappa shape index (κ3) is 4.49. The summed E-state index contributed by atoms with van der Waals surface area (Å²) in [7, 11) is -3.07. The van der Waals surface area contributed by atoms with E-state index in [1.165, 1.54) is 19.2 Å². The summed E-state index contributed by atoms with van der Waals surface area (Å²) in [4.78, 5) is 9.60. The largest absolute Gasteiger partial charge is 0.497 e. The number of nitro benzene ring substituents is 1. The van der Waals surface area contributed by atoms with Crippen molar-refractivity contribution >= 4 is 15.7 Å². The first-order valence-corrected chi connectivity index (χ1v) is 8.51. The van der Waals surface area contributed by atoms with E-state index in [1.807, 2.05) is 0 Å². The Kier molecular flexibility index (Phi) is 5.52. The van der Waals surface area contributed by atoms with Crippen LogP contribution in [-0.4, -0.2) is 20.5 Å². The Hall–Kier alpha value is -2.66. The molecule has 2 aromatic rings. The molecule has 140 valence electrons. The van der Waals surface area contributed by atoms with Crippen molar-refractivity contribution in [3.05, 3.63) is 63.7 Å². The van der Waals surface area contributed by atoms with E-state index in [4.69, 9.17) is 4.74 Å². The highest BCUT2D eigenvalue weighted by molar-refractivity contribution is 7.89. The third-order valence-electron chi connectivity index (χ3n) is 3.37. The van der Waals surface area contributed by atoms with Crippen LogP contribution in [0, 0.1) is 10.1 Å². The fraction of sp³-hybridized carbons (Fsp3) is 0.200. The fourth-order valence-corrected chi connectivity index (χ4v) is 3.28. The molecule has 0 atom stereocenters. The van der Waals surface area contributed by atoms with Crippen molar-refractivity contribution < 1.29 is 31.2 Å². The second-order valence-electron chi connectivity index (χ2n) is 5.11. The summed E-state index contributed by atoms with van der Waals surface area (Å²) >= 11 is 0. The van der Waals surface area contributed by atoms with Crippen molar-refractivity contribution in [3.63, 3.8) is 0 Å². The maximum Gasteiger partial charge on any atom is 0.416 e. The zero-order chi connectivity index (χ0) is 19.5. The molecule has 0 unspecified atom stereocenters. The molecule has 0 saturated heterocycles. The number of sulfonamides is 1. The Morgan fingerprint density at radius 2 is 1.88 bits per heavy atom. The number of benzene rings is 2. The van der Waals surface area contributed by atoms with Gasteiger partial charge < -0.3 is 4.74 Å². The minimum atomic E-state index is -4.57. The predicted octanol–water partition coefficient (Wildman–Crippen LogP) is 3.10. The number of ether oxygens (including phenoxy) is 1. The lowest BCUT2D eigenvalue weighted by Gasteiger charge is -2.11. The highest BCUT2D eigenvalue weighted by Crippen LogP contribution is 2.30. The average Bonchev–Trinajstić information content (AvgIpc) is 2.59. The van der Waals surface area contributed by atoms with Crippen molar-refractivity contribution in [1.29, 1.82) is 0 Å². The van der Waals surface area contributed by atoms with Gasteiger partial charge in [-0.2, -0.15) is 13.2 Å². The summed E-state index contributed by atoms with van der Waals surface area (Å²) in [5.41, 5.74) is -1.58. The molecule has 0 amide bonds. The first kappa shape index (κ1) is 19.7. The van der Waals surface area contributed by atoms with E-state index in [2.05, 4.69) is 4.72 Å². The van der Waals surface area contributed by atoms with Gasteiger partial charge in [-0.1, -0.05) is 18.2 Å². The van der Waals surface area contributed by atoms with Crippen molar-refractivity contribution in [2.75, 3.05) is 7.11 Å². The molecule has 0 fully saturated rings. The number of alkyl halides is 3. The molecule has 0 aliphatic rings. The first-order chi connectivity index (χ1) is 12.0. The molecule has 0 aliphatic heterocycles. The Morgan fingerprint density at radius 1 is 1.19 bits per heavy atom. The van der Waals surface area contributed by atoms with Gasteiger partial charge in [-0.15, -0.1) is 0 Å². The van der Waals surface area contributed by atoms with Crippen LogP contribution < -0.4 is 9.46 Å². The Morgan fingerprint density at radius 3 is 2.46 bits per heavy atom. The summed E-state index contributed by atoms with van der Waals surface area (Å²) < 4.78 is 69.6. The molecule has 0 aliphatic carbocycles. The molecule has 7 nitrogen and oxygen atoms in total. The quantitative estimate of drug-likeness (QED) is 0.604. The number of hydrogen-bond acceptors (Lipinski definition) is 5. The van der Waals surface area contributed by atoms with Crippen molar-refractivity contribution in [1.82, 2.24) is 4.72 Å². The topological polar surface area (TPSA) is 98.5 Å². The Balaban J connectivity index is 2.29. The predicted molar refractivity (Wildman–Crippen MR) is 85.1 cm³/mol. The van der Waals surface area contributed by atoms with E-state index in [1.54, 1.807) is 0 Å². The van der Waals surface area contributed by atoms with Crippen LogP contribution in [0.15, 0.2) is 47.4 Å². The molecule has 2 aromatic carbocycles. The van der Waals surface area contributed by atoms with Gasteiger partial charge in [0, 0.05) is 6.54 Å². The molecule has 26 heavy (non-hydrogen) atoms. The van der Waals surface area contributed by atoms with Gasteiger partial charge in [0.05, 0.1) is 23.7 Å². The molecule has 1 N–H and O–H groups in total. The van der Waals surface area contributed by atoms with Crippen LogP contribution in [0.2, 0.25) is 0 Å². The Bertz CT molecular complexity index is 929.